The molecule has 0 bridgehead atoms. The first-order valence-corrected chi connectivity index (χ1v) is 10.0. The van der Waals surface area contributed by atoms with Gasteiger partial charge in [-0.3, -0.25) is 0 Å². The lowest BCUT2D eigenvalue weighted by Gasteiger charge is -2.23. The number of halogens is 2. The second kappa shape index (κ2) is 5.18. The van der Waals surface area contributed by atoms with E-state index >= 15 is 0 Å². The summed E-state index contributed by atoms with van der Waals surface area (Å²) in [6, 6.07) is 1.95. The van der Waals surface area contributed by atoms with Gasteiger partial charge in [-0.25, -0.2) is 25.9 Å². The van der Waals surface area contributed by atoms with Crippen molar-refractivity contribution in [3.05, 3.63) is 22.4 Å². The highest BCUT2D eigenvalue weighted by molar-refractivity contribution is 9.10. The maximum Gasteiger partial charge on any atom is 0.244 e. The minimum Gasteiger partial charge on any atom is -0.398 e. The molecule has 1 aliphatic heterocycles. The van der Waals surface area contributed by atoms with Gasteiger partial charge in [0.25, 0.3) is 0 Å². The highest BCUT2D eigenvalue weighted by Gasteiger charge is 2.42. The lowest BCUT2D eigenvalue weighted by Crippen LogP contribution is -2.47. The molecule has 0 saturated carbocycles. The fourth-order valence-electron chi connectivity index (χ4n) is 2.22. The molecule has 1 aromatic carbocycles. The number of hydrogen-bond donors (Lipinski definition) is 2. The largest absolute Gasteiger partial charge is 0.398 e. The smallest absolute Gasteiger partial charge is 0.244 e. The van der Waals surface area contributed by atoms with Gasteiger partial charge in [0, 0.05) is 15.7 Å². The number of hydrogen-bond acceptors (Lipinski definition) is 5. The molecule has 1 aromatic rings. The molecular weight excluding hydrogens is 387 g/mol. The number of nitrogen functional groups attached to an aromatic ring is 1. The van der Waals surface area contributed by atoms with Crippen LogP contribution in [0, 0.1) is 5.82 Å². The van der Waals surface area contributed by atoms with E-state index in [1.54, 1.807) is 0 Å². The molecule has 1 heterocycles. The van der Waals surface area contributed by atoms with Gasteiger partial charge >= 0.3 is 0 Å². The fourth-order valence-corrected chi connectivity index (χ4v) is 6.25. The summed E-state index contributed by atoms with van der Waals surface area (Å²) in [6.45, 7) is 1.48. The number of sulfone groups is 1. The van der Waals surface area contributed by atoms with Gasteiger partial charge in [0.05, 0.1) is 11.5 Å². The van der Waals surface area contributed by atoms with E-state index in [9.17, 15) is 21.2 Å². The van der Waals surface area contributed by atoms with Crippen molar-refractivity contribution in [3.63, 3.8) is 0 Å². The topological polar surface area (TPSA) is 106 Å². The second-order valence-corrected chi connectivity index (χ2v) is 10.0. The molecule has 1 atom stereocenters. The Hall–Kier alpha value is -0.710. The van der Waals surface area contributed by atoms with Gasteiger partial charge in [0.15, 0.2) is 9.84 Å². The van der Waals surface area contributed by atoms with Crippen molar-refractivity contribution in [2.75, 3.05) is 17.2 Å². The number of anilines is 1. The van der Waals surface area contributed by atoms with Gasteiger partial charge in [0.2, 0.25) is 10.0 Å². The van der Waals surface area contributed by atoms with Gasteiger partial charge in [-0.1, -0.05) is 0 Å². The Morgan fingerprint density at radius 1 is 1.43 bits per heavy atom. The lowest BCUT2D eigenvalue weighted by atomic mass is 10.0. The van der Waals surface area contributed by atoms with E-state index in [-0.39, 0.29) is 28.1 Å². The number of rotatable bonds is 3. The number of sulfonamides is 1. The Kier molecular flexibility index (Phi) is 4.11. The quantitative estimate of drug-likeness (QED) is 0.736. The van der Waals surface area contributed by atoms with Crippen molar-refractivity contribution in [2.45, 2.75) is 23.8 Å². The summed E-state index contributed by atoms with van der Waals surface area (Å²) in [5, 5.41) is 0. The Balaban J connectivity index is 2.38. The van der Waals surface area contributed by atoms with E-state index in [0.717, 1.165) is 12.1 Å². The normalized spacial score (nSPS) is 25.1. The van der Waals surface area contributed by atoms with E-state index in [1.807, 2.05) is 0 Å². The van der Waals surface area contributed by atoms with Crippen LogP contribution in [0.25, 0.3) is 0 Å². The first-order valence-electron chi connectivity index (χ1n) is 5.93. The van der Waals surface area contributed by atoms with E-state index < -0.39 is 36.1 Å². The molecule has 2 rings (SSSR count). The van der Waals surface area contributed by atoms with Crippen LogP contribution in [-0.2, 0) is 19.9 Å². The van der Waals surface area contributed by atoms with Crippen LogP contribution >= 0.6 is 15.9 Å². The number of benzene rings is 1. The molecule has 10 heteroatoms. The Morgan fingerprint density at radius 2 is 2.05 bits per heavy atom. The second-order valence-electron chi connectivity index (χ2n) is 5.31. The third kappa shape index (κ3) is 3.55. The molecular formula is C11H14BrFN2O4S2. The summed E-state index contributed by atoms with van der Waals surface area (Å²) in [6.07, 6.45) is 0.141. The molecule has 3 N–H and O–H groups in total. The molecule has 0 spiro atoms. The predicted octanol–water partition coefficient (Wildman–Crippen LogP) is 1.03. The molecule has 0 aliphatic carbocycles. The zero-order chi connectivity index (χ0) is 16.1. The van der Waals surface area contributed by atoms with Crippen molar-refractivity contribution >= 4 is 41.5 Å². The lowest BCUT2D eigenvalue weighted by molar-refractivity contribution is 0.458. The zero-order valence-corrected chi connectivity index (χ0v) is 14.3. The highest BCUT2D eigenvalue weighted by atomic mass is 79.9. The van der Waals surface area contributed by atoms with Gasteiger partial charge in [0.1, 0.15) is 10.7 Å². The monoisotopic (exact) mass is 400 g/mol. The summed E-state index contributed by atoms with van der Waals surface area (Å²) in [7, 11) is -7.50. The predicted molar refractivity (Wildman–Crippen MR) is 80.5 cm³/mol. The third-order valence-corrected chi connectivity index (χ3v) is 7.47. The zero-order valence-electron chi connectivity index (χ0n) is 11.1. The summed E-state index contributed by atoms with van der Waals surface area (Å²) in [5.41, 5.74) is 4.49. The molecule has 0 amide bonds. The molecule has 0 aromatic heterocycles. The molecule has 1 saturated heterocycles. The minimum atomic E-state index is -4.21. The van der Waals surface area contributed by atoms with Crippen LogP contribution in [0.4, 0.5) is 10.1 Å². The van der Waals surface area contributed by atoms with Gasteiger partial charge in [-0.05, 0) is 41.4 Å². The summed E-state index contributed by atoms with van der Waals surface area (Å²) >= 11 is 3.00. The standard InChI is InChI=1S/C11H14BrFN2O4S2/c1-11(2-3-20(16,17)6-11)15-21(18,19)10-5-9(14)7(12)4-8(10)13/h4-5,15H,2-3,6,14H2,1H3. The Bertz CT molecular complexity index is 795. The van der Waals surface area contributed by atoms with Crippen molar-refractivity contribution in [3.8, 4) is 0 Å². The van der Waals surface area contributed by atoms with Gasteiger partial charge in [-0.2, -0.15) is 0 Å². The first-order chi connectivity index (χ1) is 9.44. The third-order valence-electron chi connectivity index (χ3n) is 3.22. The fraction of sp³-hybridized carbons (Fsp3) is 0.455. The molecule has 118 valence electrons. The maximum atomic E-state index is 13.9. The Labute approximate surface area is 131 Å². The van der Waals surface area contributed by atoms with E-state index in [1.165, 1.54) is 6.92 Å². The van der Waals surface area contributed by atoms with Crippen LogP contribution in [0.15, 0.2) is 21.5 Å². The molecule has 6 nitrogen and oxygen atoms in total. The van der Waals surface area contributed by atoms with Crippen molar-refractivity contribution in [2.24, 2.45) is 0 Å². The Morgan fingerprint density at radius 3 is 2.57 bits per heavy atom. The summed E-state index contributed by atoms with van der Waals surface area (Å²) < 4.78 is 63.9. The van der Waals surface area contributed by atoms with E-state index in [0.29, 0.717) is 0 Å². The van der Waals surface area contributed by atoms with Crippen LogP contribution in [0.2, 0.25) is 0 Å². The van der Waals surface area contributed by atoms with Crippen molar-refractivity contribution in [1.82, 2.24) is 4.72 Å². The number of nitrogens with two attached hydrogens (primary N) is 1. The summed E-state index contributed by atoms with van der Waals surface area (Å²) in [4.78, 5) is -0.603. The van der Waals surface area contributed by atoms with Crippen LogP contribution in [0.1, 0.15) is 13.3 Å². The first kappa shape index (κ1) is 16.7. The number of nitrogens with one attached hydrogen (secondary N) is 1. The average molecular weight is 401 g/mol. The summed E-state index contributed by atoms with van der Waals surface area (Å²) in [5.74, 6) is -1.38. The SMILES string of the molecule is CC1(NS(=O)(=O)c2cc(N)c(Br)cc2F)CCS(=O)(=O)C1. The molecule has 0 radical (unpaired) electrons. The van der Waals surface area contributed by atoms with Crippen LogP contribution in [0.5, 0.6) is 0 Å². The van der Waals surface area contributed by atoms with Crippen molar-refractivity contribution in [1.29, 1.82) is 0 Å². The highest BCUT2D eigenvalue weighted by Crippen LogP contribution is 2.29. The van der Waals surface area contributed by atoms with Crippen LogP contribution in [0.3, 0.4) is 0 Å². The molecule has 1 fully saturated rings. The van der Waals surface area contributed by atoms with Crippen molar-refractivity contribution < 1.29 is 21.2 Å². The van der Waals surface area contributed by atoms with E-state index in [4.69, 9.17) is 5.73 Å². The van der Waals surface area contributed by atoms with Gasteiger partial charge < -0.3 is 5.73 Å². The molecule has 1 aliphatic rings. The average Bonchev–Trinajstić information content (AvgIpc) is 2.56. The molecule has 21 heavy (non-hydrogen) atoms. The van der Waals surface area contributed by atoms with Crippen LogP contribution < -0.4 is 10.5 Å². The van der Waals surface area contributed by atoms with Gasteiger partial charge in [-0.15, -0.1) is 0 Å². The molecule has 1 unspecified atom stereocenters. The maximum absolute atomic E-state index is 13.9. The van der Waals surface area contributed by atoms with E-state index in [2.05, 4.69) is 20.7 Å². The minimum absolute atomic E-state index is 0.0703. The van der Waals surface area contributed by atoms with Crippen LogP contribution in [-0.4, -0.2) is 33.9 Å².